The molecule has 2 aromatic heterocycles. The fourth-order valence-corrected chi connectivity index (χ4v) is 4.09. The Labute approximate surface area is 225 Å². The second-order valence-corrected chi connectivity index (χ2v) is 9.35. The third-order valence-electron chi connectivity index (χ3n) is 5.88. The van der Waals surface area contributed by atoms with Gasteiger partial charge in [-0.25, -0.2) is 19.3 Å². The van der Waals surface area contributed by atoms with Crippen LogP contribution in [-0.4, -0.2) is 53.0 Å². The lowest BCUT2D eigenvalue weighted by molar-refractivity contribution is -0.139. The summed E-state index contributed by atoms with van der Waals surface area (Å²) in [6.45, 7) is 3.95. The zero-order chi connectivity index (χ0) is 27.9. The Morgan fingerprint density at radius 2 is 1.77 bits per heavy atom. The van der Waals surface area contributed by atoms with Crippen molar-refractivity contribution in [3.8, 4) is 22.6 Å². The van der Waals surface area contributed by atoms with Crippen LogP contribution in [0.2, 0.25) is 0 Å². The van der Waals surface area contributed by atoms with E-state index in [1.165, 1.54) is 18.2 Å². The molecule has 10 heteroatoms. The van der Waals surface area contributed by atoms with Crippen LogP contribution in [0.1, 0.15) is 38.4 Å². The highest BCUT2D eigenvalue weighted by Crippen LogP contribution is 2.35. The number of imidazole rings is 1. The maximum absolute atomic E-state index is 13.7. The van der Waals surface area contributed by atoms with Crippen molar-refractivity contribution in [2.45, 2.75) is 44.8 Å². The van der Waals surface area contributed by atoms with Gasteiger partial charge in [0.25, 0.3) is 0 Å². The number of aliphatic hydroxyl groups excluding tert-OH is 2. The lowest BCUT2D eigenvalue weighted by Gasteiger charge is -2.13. The van der Waals surface area contributed by atoms with E-state index < -0.39 is 24.6 Å². The monoisotopic (exact) mass is 531 g/mol. The van der Waals surface area contributed by atoms with Gasteiger partial charge < -0.3 is 25.2 Å². The molecule has 0 fully saturated rings. The summed E-state index contributed by atoms with van der Waals surface area (Å²) in [5.74, 6) is -0.534. The number of hydrogen-bond acceptors (Lipinski definition) is 7. The van der Waals surface area contributed by atoms with Gasteiger partial charge in [0.15, 0.2) is 0 Å². The van der Waals surface area contributed by atoms with E-state index in [0.29, 0.717) is 34.4 Å². The van der Waals surface area contributed by atoms with Crippen molar-refractivity contribution in [2.75, 3.05) is 5.32 Å². The number of carboxylic acids is 1. The predicted molar refractivity (Wildman–Crippen MR) is 147 cm³/mol. The van der Waals surface area contributed by atoms with Crippen LogP contribution >= 0.6 is 0 Å². The van der Waals surface area contributed by atoms with Gasteiger partial charge in [-0.1, -0.05) is 32.0 Å². The number of aliphatic hydroxyl groups is 2. The second-order valence-electron chi connectivity index (χ2n) is 9.35. The number of aliphatic carboxylic acids is 1. The van der Waals surface area contributed by atoms with E-state index in [-0.39, 0.29) is 18.2 Å². The smallest absolute Gasteiger partial charge is 0.305 e. The van der Waals surface area contributed by atoms with Gasteiger partial charge in [0, 0.05) is 36.0 Å². The third kappa shape index (κ3) is 7.13. The lowest BCUT2D eigenvalue weighted by Crippen LogP contribution is -2.19. The van der Waals surface area contributed by atoms with E-state index in [0.717, 1.165) is 5.69 Å². The number of carboxylic acid groups (broad SMARTS) is 1. The highest BCUT2D eigenvalue weighted by atomic mass is 19.1. The molecular weight excluding hydrogens is 501 g/mol. The zero-order valence-electron chi connectivity index (χ0n) is 21.6. The Morgan fingerprint density at radius 3 is 2.44 bits per heavy atom. The minimum absolute atomic E-state index is 0.0407. The van der Waals surface area contributed by atoms with Crippen LogP contribution in [0, 0.1) is 5.82 Å². The van der Waals surface area contributed by atoms with Crippen LogP contribution in [0.3, 0.4) is 0 Å². The first-order valence-corrected chi connectivity index (χ1v) is 12.5. The summed E-state index contributed by atoms with van der Waals surface area (Å²) in [5, 5.41) is 32.5. The molecule has 0 aliphatic rings. The fraction of sp³-hybridized carbons (Fsp3) is 0.241. The lowest BCUT2D eigenvalue weighted by atomic mass is 10.1. The van der Waals surface area contributed by atoms with Crippen molar-refractivity contribution < 1.29 is 24.5 Å². The number of nitrogens with one attached hydrogen (secondary N) is 1. The van der Waals surface area contributed by atoms with Crippen molar-refractivity contribution in [2.24, 2.45) is 0 Å². The van der Waals surface area contributed by atoms with Crippen molar-refractivity contribution in [3.63, 3.8) is 0 Å². The number of carbonyl (C=O) groups is 1. The number of hydrogen-bond donors (Lipinski definition) is 4. The molecule has 202 valence electrons. The molecule has 39 heavy (non-hydrogen) atoms. The molecule has 0 amide bonds. The molecule has 2 atom stereocenters. The van der Waals surface area contributed by atoms with Gasteiger partial charge in [-0.15, -0.1) is 0 Å². The average Bonchev–Trinajstić information content (AvgIpc) is 3.28. The molecule has 9 nitrogen and oxygen atoms in total. The molecule has 4 aromatic rings. The highest BCUT2D eigenvalue weighted by molar-refractivity contribution is 5.79. The molecule has 2 aromatic carbocycles. The van der Waals surface area contributed by atoms with Gasteiger partial charge in [-0.2, -0.15) is 0 Å². The van der Waals surface area contributed by atoms with E-state index in [1.54, 1.807) is 35.2 Å². The van der Waals surface area contributed by atoms with E-state index in [1.807, 2.05) is 44.2 Å². The molecule has 0 saturated heterocycles. The summed E-state index contributed by atoms with van der Waals surface area (Å²) in [6.07, 6.45) is 1.81. The molecule has 4 N–H and O–H groups in total. The molecule has 0 aliphatic heterocycles. The largest absolute Gasteiger partial charge is 0.481 e. The summed E-state index contributed by atoms with van der Waals surface area (Å²) in [5.41, 5.74) is 3.18. The number of halogens is 1. The number of para-hydroxylation sites is 1. The number of anilines is 2. The maximum atomic E-state index is 13.7. The molecule has 0 aliphatic carbocycles. The third-order valence-corrected chi connectivity index (χ3v) is 5.88. The predicted octanol–water partition coefficient (Wildman–Crippen LogP) is 5.07. The maximum Gasteiger partial charge on any atom is 0.305 e. The number of nitrogens with zero attached hydrogens (tertiary/aromatic N) is 4. The summed E-state index contributed by atoms with van der Waals surface area (Å²) in [7, 11) is 0. The first-order chi connectivity index (χ1) is 18.7. The molecule has 4 rings (SSSR count). The van der Waals surface area contributed by atoms with Crippen LogP contribution in [0.25, 0.3) is 28.8 Å². The molecule has 0 spiro atoms. The molecule has 2 heterocycles. The summed E-state index contributed by atoms with van der Waals surface area (Å²) in [6, 6.07) is 17.2. The Kier molecular flexibility index (Phi) is 8.80. The van der Waals surface area contributed by atoms with Gasteiger partial charge in [-0.05, 0) is 48.5 Å². The first kappa shape index (κ1) is 27.6. The van der Waals surface area contributed by atoms with Gasteiger partial charge in [-0.3, -0.25) is 4.79 Å². The van der Waals surface area contributed by atoms with Crippen LogP contribution < -0.4 is 5.32 Å². The topological polar surface area (TPSA) is 133 Å². The summed E-state index contributed by atoms with van der Waals surface area (Å²) in [4.78, 5) is 24.8. The molecular formula is C29H30FN5O4. The van der Waals surface area contributed by atoms with Gasteiger partial charge in [0.2, 0.25) is 5.95 Å². The summed E-state index contributed by atoms with van der Waals surface area (Å²) >= 11 is 0. The van der Waals surface area contributed by atoms with E-state index >= 15 is 0 Å². The van der Waals surface area contributed by atoms with E-state index in [2.05, 4.69) is 10.3 Å². The second kappa shape index (κ2) is 12.4. The number of aromatic nitrogens is 4. The quantitative estimate of drug-likeness (QED) is 0.211. The van der Waals surface area contributed by atoms with Crippen LogP contribution in [0.15, 0.2) is 72.9 Å². The van der Waals surface area contributed by atoms with Crippen LogP contribution in [0.4, 0.5) is 16.0 Å². The SMILES string of the molecule is CC(C)c1nc(-c2ccc(F)cc2)c(-c2ccnc(Nc3ccccc3)n2)n1/C=C/[C@H](O)C[C@H](O)CC(=O)O. The highest BCUT2D eigenvalue weighted by Gasteiger charge is 2.23. The number of benzene rings is 2. The van der Waals surface area contributed by atoms with Gasteiger partial charge in [0.1, 0.15) is 11.6 Å². The normalized spacial score (nSPS) is 13.1. The van der Waals surface area contributed by atoms with Gasteiger partial charge in [0.05, 0.1) is 35.7 Å². The minimum Gasteiger partial charge on any atom is -0.481 e. The van der Waals surface area contributed by atoms with Gasteiger partial charge >= 0.3 is 5.97 Å². The van der Waals surface area contributed by atoms with E-state index in [9.17, 15) is 19.4 Å². The van der Waals surface area contributed by atoms with Crippen LogP contribution in [-0.2, 0) is 4.79 Å². The molecule has 0 bridgehead atoms. The molecule has 0 unspecified atom stereocenters. The van der Waals surface area contributed by atoms with Crippen molar-refractivity contribution >= 4 is 23.8 Å². The number of rotatable bonds is 11. The van der Waals surface area contributed by atoms with Crippen LogP contribution in [0.5, 0.6) is 0 Å². The Balaban J connectivity index is 1.80. The van der Waals surface area contributed by atoms with Crippen molar-refractivity contribution in [1.82, 2.24) is 19.5 Å². The minimum atomic E-state index is -1.20. The first-order valence-electron chi connectivity index (χ1n) is 12.5. The Morgan fingerprint density at radius 1 is 1.05 bits per heavy atom. The van der Waals surface area contributed by atoms with Crippen molar-refractivity contribution in [3.05, 3.63) is 84.6 Å². The fourth-order valence-electron chi connectivity index (χ4n) is 4.09. The molecule has 0 saturated carbocycles. The Hall–Kier alpha value is -4.41. The Bertz CT molecular complexity index is 1440. The van der Waals surface area contributed by atoms with Crippen molar-refractivity contribution in [1.29, 1.82) is 0 Å². The standard InChI is InChI=1S/C29H30FN5O4/c1-18(2)28-34-26(19-8-10-20(30)11-9-19)27(35(28)15-13-22(36)16-23(37)17-25(38)39)24-12-14-31-29(33-24)32-21-6-4-3-5-7-21/h3-15,18,22-23,36-37H,16-17H2,1-2H3,(H,38,39)(H,31,32,33)/b15-13+/t22-,23-/m0/s1. The summed E-state index contributed by atoms with van der Waals surface area (Å²) < 4.78 is 15.5. The van der Waals surface area contributed by atoms with E-state index in [4.69, 9.17) is 15.1 Å². The zero-order valence-corrected chi connectivity index (χ0v) is 21.6. The molecule has 0 radical (unpaired) electrons. The average molecular weight is 532 g/mol.